The predicted octanol–water partition coefficient (Wildman–Crippen LogP) is 8.36. The van der Waals surface area contributed by atoms with Gasteiger partial charge in [-0.2, -0.15) is 0 Å². The van der Waals surface area contributed by atoms with Gasteiger partial charge in [0, 0.05) is 0 Å². The van der Waals surface area contributed by atoms with Crippen LogP contribution in [-0.2, 0) is 0 Å². The van der Waals surface area contributed by atoms with Crippen molar-refractivity contribution in [2.75, 3.05) is 0 Å². The van der Waals surface area contributed by atoms with Gasteiger partial charge in [0.25, 0.3) is 0 Å². The van der Waals surface area contributed by atoms with Crippen molar-refractivity contribution in [3.8, 4) is 0 Å². The third-order valence-electron chi connectivity index (χ3n) is 11.1. The zero-order chi connectivity index (χ0) is 23.3. The molecular formula is C31H50O. The Labute approximate surface area is 198 Å². The summed E-state index contributed by atoms with van der Waals surface area (Å²) >= 11 is 0. The molecule has 0 saturated heterocycles. The van der Waals surface area contributed by atoms with Crippen molar-refractivity contribution in [1.29, 1.82) is 0 Å². The standard InChI is InChI=1S/C31H50O/c1-8-21(4)25(20(2)3)11-9-22(5)27-13-14-28-26-12-10-23-19-24(32)15-17-30(23,6)29(26)16-18-31(27,28)7/h9-11,20,22,24-29,32H,4,8,12-19H2,1-3,5-7H3/b11-9+/t22-,24+,25-,26+,27-,28+,29+,30+,31-/m1/s1. The maximum Gasteiger partial charge on any atom is 0.0577 e. The van der Waals surface area contributed by atoms with Crippen LogP contribution in [0.25, 0.3) is 0 Å². The zero-order valence-electron chi connectivity index (χ0n) is 21.9. The van der Waals surface area contributed by atoms with Gasteiger partial charge in [-0.3, -0.25) is 0 Å². The summed E-state index contributed by atoms with van der Waals surface area (Å²) in [6.07, 6.45) is 18.7. The van der Waals surface area contributed by atoms with Crippen molar-refractivity contribution in [2.45, 2.75) is 105 Å². The maximum absolute atomic E-state index is 10.3. The highest BCUT2D eigenvalue weighted by Crippen LogP contribution is 2.67. The Hall–Kier alpha value is -0.820. The van der Waals surface area contributed by atoms with Crippen LogP contribution in [0.15, 0.2) is 36.0 Å². The molecule has 0 spiro atoms. The zero-order valence-corrected chi connectivity index (χ0v) is 21.9. The molecule has 4 rings (SSSR count). The highest BCUT2D eigenvalue weighted by atomic mass is 16.3. The van der Waals surface area contributed by atoms with Crippen LogP contribution in [0.4, 0.5) is 0 Å². The minimum atomic E-state index is -0.0957. The van der Waals surface area contributed by atoms with Gasteiger partial charge in [0.15, 0.2) is 0 Å². The number of hydrogen-bond acceptors (Lipinski definition) is 1. The van der Waals surface area contributed by atoms with Gasteiger partial charge < -0.3 is 5.11 Å². The number of hydrogen-bond donors (Lipinski definition) is 1. The van der Waals surface area contributed by atoms with Crippen LogP contribution in [0, 0.1) is 52.3 Å². The normalized spacial score (nSPS) is 43.4. The minimum absolute atomic E-state index is 0.0957. The molecule has 0 amide bonds. The Morgan fingerprint density at radius 3 is 2.53 bits per heavy atom. The lowest BCUT2D eigenvalue weighted by atomic mass is 9.47. The van der Waals surface area contributed by atoms with E-state index in [9.17, 15) is 5.11 Å². The smallest absolute Gasteiger partial charge is 0.0577 e. The van der Waals surface area contributed by atoms with Crippen LogP contribution in [0.3, 0.4) is 0 Å². The van der Waals surface area contributed by atoms with E-state index in [0.717, 1.165) is 42.9 Å². The molecule has 0 unspecified atom stereocenters. The number of allylic oxidation sites excluding steroid dienone is 4. The quantitative estimate of drug-likeness (QED) is 0.413. The second-order valence-corrected chi connectivity index (χ2v) is 12.9. The Bertz CT molecular complexity index is 758. The average molecular weight is 439 g/mol. The van der Waals surface area contributed by atoms with Gasteiger partial charge in [-0.05, 0) is 110 Å². The van der Waals surface area contributed by atoms with Crippen molar-refractivity contribution >= 4 is 0 Å². The highest BCUT2D eigenvalue weighted by molar-refractivity contribution is 5.25. The van der Waals surface area contributed by atoms with Gasteiger partial charge in [-0.15, -0.1) is 0 Å². The van der Waals surface area contributed by atoms with E-state index in [1.165, 1.54) is 44.1 Å². The van der Waals surface area contributed by atoms with E-state index in [1.54, 1.807) is 5.57 Å². The van der Waals surface area contributed by atoms with Crippen LogP contribution in [0.1, 0.15) is 99.3 Å². The molecule has 3 saturated carbocycles. The summed E-state index contributed by atoms with van der Waals surface area (Å²) in [6.45, 7) is 19.0. The Morgan fingerprint density at radius 2 is 1.84 bits per heavy atom. The Balaban J connectivity index is 1.52. The number of fused-ring (bicyclic) bond motifs is 5. The van der Waals surface area contributed by atoms with Crippen LogP contribution >= 0.6 is 0 Å². The Kier molecular flexibility index (Phi) is 6.90. The SMILES string of the molecule is C=C(CC)[C@H](/C=C/[C@@H](C)[C@H]1CC[C@H]2[C@@H]3CC=C4C[C@@H](O)CC[C@]4(C)[C@H]3CC[C@]12C)C(C)C. The largest absolute Gasteiger partial charge is 0.393 e. The third-order valence-corrected chi connectivity index (χ3v) is 11.1. The maximum atomic E-state index is 10.3. The lowest BCUT2D eigenvalue weighted by molar-refractivity contribution is -0.0540. The molecule has 0 aromatic heterocycles. The lowest BCUT2D eigenvalue weighted by Gasteiger charge is -2.58. The van der Waals surface area contributed by atoms with E-state index in [-0.39, 0.29) is 6.10 Å². The molecule has 4 aliphatic carbocycles. The predicted molar refractivity (Wildman–Crippen MR) is 137 cm³/mol. The molecule has 180 valence electrons. The fraction of sp³-hybridized carbons (Fsp3) is 0.806. The molecule has 3 fully saturated rings. The third kappa shape index (κ3) is 3.99. The molecule has 0 aliphatic heterocycles. The summed E-state index contributed by atoms with van der Waals surface area (Å²) in [7, 11) is 0. The summed E-state index contributed by atoms with van der Waals surface area (Å²) in [4.78, 5) is 0. The molecule has 4 aliphatic rings. The first-order chi connectivity index (χ1) is 15.1. The molecule has 32 heavy (non-hydrogen) atoms. The summed E-state index contributed by atoms with van der Waals surface area (Å²) in [5, 5.41) is 10.3. The van der Waals surface area contributed by atoms with E-state index in [4.69, 9.17) is 0 Å². The van der Waals surface area contributed by atoms with Crippen molar-refractivity contribution < 1.29 is 5.11 Å². The van der Waals surface area contributed by atoms with E-state index >= 15 is 0 Å². The lowest BCUT2D eigenvalue weighted by Crippen LogP contribution is -2.50. The molecule has 0 aromatic rings. The van der Waals surface area contributed by atoms with Crippen LogP contribution in [0.5, 0.6) is 0 Å². The van der Waals surface area contributed by atoms with Crippen LogP contribution in [-0.4, -0.2) is 11.2 Å². The first-order valence-corrected chi connectivity index (χ1v) is 13.8. The summed E-state index contributed by atoms with van der Waals surface area (Å²) in [5.74, 6) is 5.22. The number of rotatable bonds is 6. The van der Waals surface area contributed by atoms with Crippen molar-refractivity contribution in [2.24, 2.45) is 52.3 Å². The molecule has 0 radical (unpaired) electrons. The van der Waals surface area contributed by atoms with Gasteiger partial charge in [0.2, 0.25) is 0 Å². The van der Waals surface area contributed by atoms with Gasteiger partial charge >= 0.3 is 0 Å². The van der Waals surface area contributed by atoms with Crippen LogP contribution in [0.2, 0.25) is 0 Å². The Morgan fingerprint density at radius 1 is 1.09 bits per heavy atom. The van der Waals surface area contributed by atoms with E-state index in [2.05, 4.69) is 66.3 Å². The minimum Gasteiger partial charge on any atom is -0.393 e. The molecule has 0 bridgehead atoms. The fourth-order valence-corrected chi connectivity index (χ4v) is 9.04. The van der Waals surface area contributed by atoms with Gasteiger partial charge in [-0.25, -0.2) is 0 Å². The molecule has 1 N–H and O–H groups in total. The van der Waals surface area contributed by atoms with Gasteiger partial charge in [0.1, 0.15) is 0 Å². The molecule has 0 heterocycles. The average Bonchev–Trinajstić information content (AvgIpc) is 3.11. The van der Waals surface area contributed by atoms with E-state index < -0.39 is 0 Å². The second kappa shape index (κ2) is 9.09. The van der Waals surface area contributed by atoms with E-state index in [0.29, 0.717) is 28.6 Å². The number of aliphatic hydroxyl groups is 1. The summed E-state index contributed by atoms with van der Waals surface area (Å²) in [5.41, 5.74) is 3.84. The van der Waals surface area contributed by atoms with Gasteiger partial charge in [-0.1, -0.05) is 77.5 Å². The van der Waals surface area contributed by atoms with Crippen molar-refractivity contribution in [3.05, 3.63) is 36.0 Å². The van der Waals surface area contributed by atoms with E-state index in [1.807, 2.05) is 0 Å². The molecule has 1 nitrogen and oxygen atoms in total. The topological polar surface area (TPSA) is 20.2 Å². The first-order valence-electron chi connectivity index (χ1n) is 13.8. The second-order valence-electron chi connectivity index (χ2n) is 12.9. The fourth-order valence-electron chi connectivity index (χ4n) is 9.04. The van der Waals surface area contributed by atoms with Gasteiger partial charge in [0.05, 0.1) is 6.10 Å². The first kappa shape index (κ1) is 24.3. The molecule has 9 atom stereocenters. The monoisotopic (exact) mass is 438 g/mol. The molecular weight excluding hydrogens is 388 g/mol. The summed E-state index contributed by atoms with van der Waals surface area (Å²) in [6, 6.07) is 0. The van der Waals surface area contributed by atoms with Crippen molar-refractivity contribution in [3.63, 3.8) is 0 Å². The number of aliphatic hydroxyl groups excluding tert-OH is 1. The van der Waals surface area contributed by atoms with Crippen LogP contribution < -0.4 is 0 Å². The van der Waals surface area contributed by atoms with Crippen molar-refractivity contribution in [1.82, 2.24) is 0 Å². The molecule has 0 aromatic carbocycles. The summed E-state index contributed by atoms with van der Waals surface area (Å²) < 4.78 is 0. The highest BCUT2D eigenvalue weighted by Gasteiger charge is 2.58. The molecule has 1 heteroatoms.